The molecule has 2 unspecified atom stereocenters. The molecule has 4 heteroatoms. The van der Waals surface area contributed by atoms with Gasteiger partial charge in [-0.2, -0.15) is 4.39 Å². The first-order chi connectivity index (χ1) is 8.64. The Bertz CT molecular complexity index is 512. The molecule has 1 heterocycles. The Balaban J connectivity index is 1.82. The van der Waals surface area contributed by atoms with Crippen LogP contribution in [0.15, 0.2) is 18.2 Å². The monoisotopic (exact) mass is 247 g/mol. The number of aromatic nitrogens is 1. The highest BCUT2D eigenvalue weighted by Crippen LogP contribution is 2.55. The predicted octanol–water partition coefficient (Wildman–Crippen LogP) is 1.96. The van der Waals surface area contributed by atoms with Crippen LogP contribution in [-0.4, -0.2) is 11.0 Å². The molecular weight excluding hydrogens is 229 g/mol. The van der Waals surface area contributed by atoms with E-state index in [-0.39, 0.29) is 6.54 Å². The van der Waals surface area contributed by atoms with Gasteiger partial charge >= 0.3 is 0 Å². The zero-order chi connectivity index (χ0) is 12.8. The first kappa shape index (κ1) is 11.8. The molecule has 1 aromatic rings. The third-order valence-corrected chi connectivity index (χ3v) is 4.37. The van der Waals surface area contributed by atoms with Crippen LogP contribution < -0.4 is 11.5 Å². The number of pyridine rings is 1. The molecule has 1 saturated carbocycles. The van der Waals surface area contributed by atoms with Crippen molar-refractivity contribution in [2.75, 3.05) is 0 Å². The molecule has 0 aliphatic heterocycles. The molecule has 2 atom stereocenters. The fourth-order valence-corrected chi connectivity index (χ4v) is 2.84. The lowest BCUT2D eigenvalue weighted by Gasteiger charge is -2.21. The molecule has 18 heavy (non-hydrogen) atoms. The van der Waals surface area contributed by atoms with Gasteiger partial charge in [-0.05, 0) is 42.7 Å². The van der Waals surface area contributed by atoms with Crippen molar-refractivity contribution < 1.29 is 4.39 Å². The highest BCUT2D eigenvalue weighted by molar-refractivity contribution is 5.64. The summed E-state index contributed by atoms with van der Waals surface area (Å²) >= 11 is 0. The molecule has 1 aromatic heterocycles. The highest BCUT2D eigenvalue weighted by Gasteiger charge is 2.51. The van der Waals surface area contributed by atoms with Crippen LogP contribution >= 0.6 is 0 Å². The zero-order valence-corrected chi connectivity index (χ0v) is 10.3. The fourth-order valence-electron chi connectivity index (χ4n) is 2.84. The summed E-state index contributed by atoms with van der Waals surface area (Å²) in [6.07, 6.45) is 6.36. The number of nitrogens with two attached hydrogens (primary N) is 2. The molecule has 0 saturated heterocycles. The number of nitrogens with zero attached hydrogens (tertiary/aromatic N) is 1. The molecule has 1 spiro atoms. The number of allylic oxidation sites excluding steroid dienone is 2. The van der Waals surface area contributed by atoms with Crippen molar-refractivity contribution in [1.82, 2.24) is 4.98 Å². The molecule has 0 bridgehead atoms. The lowest BCUT2D eigenvalue weighted by Crippen LogP contribution is -2.16. The Morgan fingerprint density at radius 2 is 2.22 bits per heavy atom. The molecule has 0 radical (unpaired) electrons. The van der Waals surface area contributed by atoms with Crippen molar-refractivity contribution in [1.29, 1.82) is 0 Å². The van der Waals surface area contributed by atoms with E-state index in [1.165, 1.54) is 0 Å². The fraction of sp³-hybridized carbons (Fsp3) is 0.500. The molecular formula is C14H18FN3. The second-order valence-corrected chi connectivity index (χ2v) is 5.46. The van der Waals surface area contributed by atoms with Gasteiger partial charge in [-0.3, -0.25) is 0 Å². The van der Waals surface area contributed by atoms with E-state index >= 15 is 0 Å². The summed E-state index contributed by atoms with van der Waals surface area (Å²) in [7, 11) is 0. The summed E-state index contributed by atoms with van der Waals surface area (Å²) in [5.41, 5.74) is 14.1. The predicted molar refractivity (Wildman–Crippen MR) is 68.9 cm³/mol. The Kier molecular flexibility index (Phi) is 2.72. The smallest absolute Gasteiger partial charge is 0.217 e. The van der Waals surface area contributed by atoms with Gasteiger partial charge < -0.3 is 11.5 Å². The van der Waals surface area contributed by atoms with Crippen LogP contribution in [0, 0.1) is 11.4 Å². The number of halogens is 1. The Morgan fingerprint density at radius 3 is 2.72 bits per heavy atom. The first-order valence-electron chi connectivity index (χ1n) is 6.45. The number of rotatable bonds is 2. The van der Waals surface area contributed by atoms with E-state index < -0.39 is 5.95 Å². The van der Waals surface area contributed by atoms with Gasteiger partial charge in [0.1, 0.15) is 0 Å². The normalized spacial score (nSPS) is 30.4. The number of hydrogen-bond acceptors (Lipinski definition) is 3. The van der Waals surface area contributed by atoms with Gasteiger partial charge in [-0.15, -0.1) is 0 Å². The van der Waals surface area contributed by atoms with Gasteiger partial charge in [0.15, 0.2) is 0 Å². The molecule has 1 fully saturated rings. The van der Waals surface area contributed by atoms with Crippen LogP contribution in [0.3, 0.4) is 0 Å². The van der Waals surface area contributed by atoms with Crippen molar-refractivity contribution >= 4 is 5.57 Å². The second kappa shape index (κ2) is 4.14. The Labute approximate surface area is 106 Å². The molecule has 3 rings (SSSR count). The first-order valence-corrected chi connectivity index (χ1v) is 6.45. The zero-order valence-electron chi connectivity index (χ0n) is 10.3. The van der Waals surface area contributed by atoms with E-state index in [1.54, 1.807) is 6.07 Å². The van der Waals surface area contributed by atoms with Crippen LogP contribution in [0.4, 0.5) is 4.39 Å². The van der Waals surface area contributed by atoms with E-state index in [1.807, 2.05) is 6.07 Å². The topological polar surface area (TPSA) is 64.9 Å². The molecule has 3 nitrogen and oxygen atoms in total. The van der Waals surface area contributed by atoms with Gasteiger partial charge in [-0.25, -0.2) is 4.98 Å². The third kappa shape index (κ3) is 1.85. The van der Waals surface area contributed by atoms with E-state index in [0.717, 1.165) is 37.0 Å². The van der Waals surface area contributed by atoms with Crippen LogP contribution in [0.2, 0.25) is 0 Å². The van der Waals surface area contributed by atoms with E-state index in [9.17, 15) is 4.39 Å². The SMILES string of the molecule is NCc1ccc(C2=CCC3(CC2)CC3N)nc1F. The summed E-state index contributed by atoms with van der Waals surface area (Å²) in [4.78, 5) is 4.01. The summed E-state index contributed by atoms with van der Waals surface area (Å²) in [6.45, 7) is 0.191. The lowest BCUT2D eigenvalue weighted by molar-refractivity contribution is 0.447. The third-order valence-electron chi connectivity index (χ3n) is 4.37. The maximum Gasteiger partial charge on any atom is 0.217 e. The lowest BCUT2D eigenvalue weighted by atomic mass is 9.85. The van der Waals surface area contributed by atoms with Gasteiger partial charge in [0.25, 0.3) is 0 Å². The quantitative estimate of drug-likeness (QED) is 0.785. The van der Waals surface area contributed by atoms with Crippen molar-refractivity contribution in [3.05, 3.63) is 35.4 Å². The van der Waals surface area contributed by atoms with Gasteiger partial charge in [0.2, 0.25) is 5.95 Å². The van der Waals surface area contributed by atoms with Crippen molar-refractivity contribution in [3.63, 3.8) is 0 Å². The minimum atomic E-state index is -0.445. The maximum absolute atomic E-state index is 13.6. The summed E-state index contributed by atoms with van der Waals surface area (Å²) < 4.78 is 13.6. The van der Waals surface area contributed by atoms with Crippen molar-refractivity contribution in [3.8, 4) is 0 Å². The maximum atomic E-state index is 13.6. The highest BCUT2D eigenvalue weighted by atomic mass is 19.1. The number of hydrogen-bond donors (Lipinski definition) is 2. The van der Waals surface area contributed by atoms with Crippen molar-refractivity contribution in [2.45, 2.75) is 38.3 Å². The van der Waals surface area contributed by atoms with Gasteiger partial charge in [0, 0.05) is 18.2 Å². The Hall–Kier alpha value is -1.26. The van der Waals surface area contributed by atoms with E-state index in [4.69, 9.17) is 11.5 Å². The summed E-state index contributed by atoms with van der Waals surface area (Å²) in [5.74, 6) is -0.445. The standard InChI is InChI=1S/C14H18FN3/c15-13-10(8-16)1-2-11(18-13)9-3-5-14(6-4-9)7-12(14)17/h1-3,12H,4-8,16-17H2. The minimum Gasteiger partial charge on any atom is -0.327 e. The molecule has 2 aliphatic carbocycles. The molecule has 0 amide bonds. The second-order valence-electron chi connectivity index (χ2n) is 5.46. The molecule has 0 aromatic carbocycles. The molecule has 4 N–H and O–H groups in total. The summed E-state index contributed by atoms with van der Waals surface area (Å²) in [6, 6.07) is 3.95. The van der Waals surface area contributed by atoms with Crippen LogP contribution in [0.25, 0.3) is 5.57 Å². The van der Waals surface area contributed by atoms with Gasteiger partial charge in [-0.1, -0.05) is 12.1 Å². The van der Waals surface area contributed by atoms with E-state index in [2.05, 4.69) is 11.1 Å². The molecule has 96 valence electrons. The van der Waals surface area contributed by atoms with Crippen LogP contribution in [0.1, 0.15) is 36.9 Å². The minimum absolute atomic E-state index is 0.191. The average Bonchev–Trinajstić information content (AvgIpc) is 3.00. The van der Waals surface area contributed by atoms with Crippen LogP contribution in [-0.2, 0) is 6.54 Å². The largest absolute Gasteiger partial charge is 0.327 e. The van der Waals surface area contributed by atoms with Crippen molar-refractivity contribution in [2.24, 2.45) is 16.9 Å². The van der Waals surface area contributed by atoms with Gasteiger partial charge in [0.05, 0.1) is 5.69 Å². The average molecular weight is 247 g/mol. The molecule has 2 aliphatic rings. The van der Waals surface area contributed by atoms with Crippen LogP contribution in [0.5, 0.6) is 0 Å². The Morgan fingerprint density at radius 1 is 1.44 bits per heavy atom. The van der Waals surface area contributed by atoms with E-state index in [0.29, 0.717) is 17.0 Å². The summed E-state index contributed by atoms with van der Waals surface area (Å²) in [5, 5.41) is 0.